The molecule has 0 atom stereocenters. The van der Waals surface area contributed by atoms with Gasteiger partial charge in [0.1, 0.15) is 0 Å². The molecule has 0 saturated heterocycles. The van der Waals surface area contributed by atoms with Crippen molar-refractivity contribution in [3.05, 3.63) is 0 Å². The Balaban J connectivity index is 4.39. The van der Waals surface area contributed by atoms with Gasteiger partial charge in [-0.3, -0.25) is 0 Å². The van der Waals surface area contributed by atoms with E-state index in [-0.39, 0.29) is 0 Å². The van der Waals surface area contributed by atoms with E-state index in [1.807, 2.05) is 11.8 Å². The van der Waals surface area contributed by atoms with Gasteiger partial charge in [0.25, 0.3) is 0 Å². The quantitative estimate of drug-likeness (QED) is 0.537. The molecule has 0 aliphatic carbocycles. The molecule has 3 nitrogen and oxygen atoms in total. The van der Waals surface area contributed by atoms with E-state index in [2.05, 4.69) is 20.8 Å². The summed E-state index contributed by atoms with van der Waals surface area (Å²) in [4.78, 5) is 0. The summed E-state index contributed by atoms with van der Waals surface area (Å²) < 4.78 is 14.6. The Hall–Kier alpha value is 1.03. The van der Waals surface area contributed by atoms with Gasteiger partial charge in [-0.1, -0.05) is 0 Å². The van der Waals surface area contributed by atoms with Crippen molar-refractivity contribution < 1.29 is 6.15 Å². The minimum absolute atomic E-state index is 0.750. The molecular weight excluding hydrogens is 341 g/mol. The summed E-state index contributed by atoms with van der Waals surface area (Å²) >= 11 is -0.839. The van der Waals surface area contributed by atoms with Crippen LogP contribution in [-0.2, 0) is 6.15 Å². The fourth-order valence-corrected chi connectivity index (χ4v) is 15.9. The molecule has 0 fully saturated rings. The monoisotopic (exact) mass is 371 g/mol. The molecule has 0 bridgehead atoms. The zero-order chi connectivity index (χ0) is 13.0. The van der Waals surface area contributed by atoms with Gasteiger partial charge in [0.05, 0.1) is 0 Å². The first-order chi connectivity index (χ1) is 8.24. The third-order valence-electron chi connectivity index (χ3n) is 2.43. The molecule has 2 N–H and O–H groups in total. The summed E-state index contributed by atoms with van der Waals surface area (Å²) in [5, 5.41) is 0. The molecule has 0 spiro atoms. The van der Waals surface area contributed by atoms with E-state index in [0.29, 0.717) is 0 Å². The number of hydrogen-bond donors (Lipinski definition) is 1. The van der Waals surface area contributed by atoms with E-state index in [4.69, 9.17) is 11.9 Å². The fourth-order valence-electron chi connectivity index (χ4n) is 1.55. The van der Waals surface area contributed by atoms with Crippen LogP contribution in [0.5, 0.6) is 0 Å². The van der Waals surface area contributed by atoms with Crippen molar-refractivity contribution in [1.82, 2.24) is 0 Å². The Kier molecular flexibility index (Phi) is 12.8. The Morgan fingerprint density at radius 2 is 1.65 bits per heavy atom. The Morgan fingerprint density at radius 3 is 2.06 bits per heavy atom. The van der Waals surface area contributed by atoms with Crippen LogP contribution in [0.1, 0.15) is 40.0 Å². The second-order valence-electron chi connectivity index (χ2n) is 4.14. The number of rotatable bonds is 12. The van der Waals surface area contributed by atoms with E-state index in [1.54, 1.807) is 0 Å². The van der Waals surface area contributed by atoms with Gasteiger partial charge in [-0.25, -0.2) is 0 Å². The first kappa shape index (κ1) is 18.0. The van der Waals surface area contributed by atoms with Crippen molar-refractivity contribution in [2.45, 2.75) is 44.5 Å². The zero-order valence-corrected chi connectivity index (χ0v) is 15.3. The van der Waals surface area contributed by atoms with E-state index >= 15 is 0 Å². The topological polar surface area (TPSA) is 44.5 Å². The van der Waals surface area contributed by atoms with Crippen LogP contribution in [-0.4, -0.2) is 48.5 Å². The van der Waals surface area contributed by atoms with Crippen molar-refractivity contribution in [2.75, 3.05) is 29.3 Å². The summed E-state index contributed by atoms with van der Waals surface area (Å²) in [5.41, 5.74) is 5.64. The number of thioether (sulfide) groups is 1. The van der Waals surface area contributed by atoms with Gasteiger partial charge >= 0.3 is 117 Å². The van der Waals surface area contributed by atoms with Crippen molar-refractivity contribution in [3.8, 4) is 0 Å². The first-order valence-electron chi connectivity index (χ1n) is 6.80. The van der Waals surface area contributed by atoms with E-state index < -0.39 is 19.2 Å². The number of hydrogen-bond acceptors (Lipinski definition) is 4. The van der Waals surface area contributed by atoms with Gasteiger partial charge in [-0.2, -0.15) is 0 Å². The van der Waals surface area contributed by atoms with Crippen LogP contribution in [0, 0.1) is 0 Å². The molecule has 0 radical (unpaired) electrons. The van der Waals surface area contributed by atoms with Crippen molar-refractivity contribution in [1.29, 1.82) is 0 Å². The molecule has 0 aromatic rings. The molecular formula is C12H29NO2SSn. The Bertz CT molecular complexity index is 135. The third kappa shape index (κ3) is 8.70. The molecule has 5 heteroatoms. The average Bonchev–Trinajstić information content (AvgIpc) is 2.37. The van der Waals surface area contributed by atoms with Gasteiger partial charge in [0, 0.05) is 0 Å². The molecule has 0 amide bonds. The van der Waals surface area contributed by atoms with Crippen LogP contribution < -0.4 is 5.73 Å². The molecule has 0 aliphatic rings. The molecule has 0 aromatic heterocycles. The van der Waals surface area contributed by atoms with Crippen molar-refractivity contribution in [3.63, 3.8) is 0 Å². The third-order valence-corrected chi connectivity index (χ3v) is 16.3. The Labute approximate surface area is 116 Å². The average molecular weight is 370 g/mol. The van der Waals surface area contributed by atoms with Crippen LogP contribution in [0.15, 0.2) is 0 Å². The molecule has 0 aromatic carbocycles. The van der Waals surface area contributed by atoms with Crippen molar-refractivity contribution in [2.24, 2.45) is 5.73 Å². The molecule has 0 unspecified atom stereocenters. The Morgan fingerprint density at radius 1 is 1.06 bits per heavy atom. The van der Waals surface area contributed by atoms with Crippen molar-refractivity contribution >= 4 is 31.0 Å². The molecule has 0 saturated carbocycles. The van der Waals surface area contributed by atoms with Gasteiger partial charge in [-0.05, 0) is 0 Å². The fraction of sp³-hybridized carbons (Fsp3) is 1.00. The van der Waals surface area contributed by atoms with Crippen LogP contribution >= 0.6 is 11.8 Å². The molecule has 0 heterocycles. The first-order valence-corrected chi connectivity index (χ1v) is 14.3. The zero-order valence-electron chi connectivity index (χ0n) is 11.7. The van der Waals surface area contributed by atoms with Crippen LogP contribution in [0.3, 0.4) is 0 Å². The minimum atomic E-state index is -2.81. The van der Waals surface area contributed by atoms with Gasteiger partial charge < -0.3 is 0 Å². The van der Waals surface area contributed by atoms with Gasteiger partial charge in [-0.15, -0.1) is 0 Å². The maximum atomic E-state index is 6.20. The number of nitrogens with two attached hydrogens (primary N) is 1. The summed E-state index contributed by atoms with van der Waals surface area (Å²) in [6.07, 6.45) is 3.20. The second kappa shape index (κ2) is 12.1. The standard InChI is InChI=1S/C3H8N.2C3H7O.C3H7S.Sn/c3*1-2-3-4;1-3-4-2;/h1-4H2;3*2-3H2,1H3;/q;2*-1;;+2. The predicted molar refractivity (Wildman–Crippen MR) is 79.7 cm³/mol. The summed E-state index contributed by atoms with van der Waals surface area (Å²) in [5.74, 6) is 1.15. The normalized spacial score (nSPS) is 12.0. The maximum absolute atomic E-state index is 6.20. The van der Waals surface area contributed by atoms with E-state index in [1.165, 1.54) is 0 Å². The van der Waals surface area contributed by atoms with Gasteiger partial charge in [0.15, 0.2) is 0 Å². The predicted octanol–water partition coefficient (Wildman–Crippen LogP) is 2.92. The molecule has 0 rings (SSSR count). The summed E-state index contributed by atoms with van der Waals surface area (Å²) in [7, 11) is 0. The SMILES string of the molecule is CCC[O][Sn]([CH2]CCN)([CH2]SCC)[O]CCC. The second-order valence-corrected chi connectivity index (χ2v) is 16.2. The molecule has 17 heavy (non-hydrogen) atoms. The van der Waals surface area contributed by atoms with Crippen LogP contribution in [0.4, 0.5) is 0 Å². The molecule has 0 aliphatic heterocycles. The molecule has 104 valence electrons. The summed E-state index contributed by atoms with van der Waals surface area (Å²) in [6.45, 7) is 8.98. The van der Waals surface area contributed by atoms with Gasteiger partial charge in [0.2, 0.25) is 0 Å². The van der Waals surface area contributed by atoms with E-state index in [0.717, 1.165) is 53.0 Å². The summed E-state index contributed by atoms with van der Waals surface area (Å²) in [6, 6.07) is 0. The van der Waals surface area contributed by atoms with Crippen LogP contribution in [0.25, 0.3) is 0 Å². The van der Waals surface area contributed by atoms with Crippen LogP contribution in [0.2, 0.25) is 4.44 Å². The van der Waals surface area contributed by atoms with E-state index in [9.17, 15) is 0 Å².